The molecule has 0 aliphatic heterocycles. The molecule has 0 amide bonds. The van der Waals surface area contributed by atoms with Crippen molar-refractivity contribution in [1.29, 1.82) is 0 Å². The average molecular weight is 346 g/mol. The Kier molecular flexibility index (Phi) is 4.09. The van der Waals surface area contributed by atoms with Crippen LogP contribution in [0.4, 0.5) is 0 Å². The van der Waals surface area contributed by atoms with Crippen LogP contribution in [0.3, 0.4) is 0 Å². The van der Waals surface area contributed by atoms with E-state index in [2.05, 4.69) is 76.2 Å². The lowest BCUT2D eigenvalue weighted by Gasteiger charge is -2.08. The summed E-state index contributed by atoms with van der Waals surface area (Å²) >= 11 is 1.91. The van der Waals surface area contributed by atoms with E-state index in [-0.39, 0.29) is 0 Å². The predicted molar refractivity (Wildman–Crippen MR) is 111 cm³/mol. The van der Waals surface area contributed by atoms with Crippen LogP contribution in [0.25, 0.3) is 32.2 Å². The predicted octanol–water partition coefficient (Wildman–Crippen LogP) is 6.93. The van der Waals surface area contributed by atoms with E-state index in [4.69, 9.17) is 4.98 Å². The summed E-state index contributed by atoms with van der Waals surface area (Å²) in [7, 11) is 0. The SMILES string of the molecule is Cc1cc(C)cc(-c2nc3ccccc3c3cc(CC(C)C)sc23)c1. The zero-order valence-corrected chi connectivity index (χ0v) is 16.1. The van der Waals surface area contributed by atoms with Crippen LogP contribution in [0.15, 0.2) is 48.5 Å². The third-order valence-corrected chi connectivity index (χ3v) is 5.69. The number of hydrogen-bond acceptors (Lipinski definition) is 2. The van der Waals surface area contributed by atoms with Crippen LogP contribution in [-0.4, -0.2) is 4.98 Å². The van der Waals surface area contributed by atoms with Crippen molar-refractivity contribution < 1.29 is 0 Å². The maximum atomic E-state index is 5.06. The molecule has 2 aromatic carbocycles. The van der Waals surface area contributed by atoms with Gasteiger partial charge in [-0.25, -0.2) is 4.98 Å². The molecule has 0 fully saturated rings. The van der Waals surface area contributed by atoms with Crippen LogP contribution < -0.4 is 0 Å². The number of hydrogen-bond donors (Lipinski definition) is 0. The zero-order chi connectivity index (χ0) is 17.6. The lowest BCUT2D eigenvalue weighted by molar-refractivity contribution is 0.654. The molecule has 0 aliphatic rings. The van der Waals surface area contributed by atoms with Crippen molar-refractivity contribution in [3.63, 3.8) is 0 Å². The Morgan fingerprint density at radius 3 is 2.36 bits per heavy atom. The second kappa shape index (κ2) is 6.27. The van der Waals surface area contributed by atoms with Crippen LogP contribution in [0.5, 0.6) is 0 Å². The van der Waals surface area contributed by atoms with Gasteiger partial charge in [-0.15, -0.1) is 11.3 Å². The molecule has 0 bridgehead atoms. The van der Waals surface area contributed by atoms with Gasteiger partial charge in [-0.05, 0) is 50.5 Å². The molecule has 0 radical (unpaired) electrons. The van der Waals surface area contributed by atoms with Gasteiger partial charge < -0.3 is 0 Å². The van der Waals surface area contributed by atoms with Crippen molar-refractivity contribution in [3.05, 3.63) is 64.5 Å². The van der Waals surface area contributed by atoms with Gasteiger partial charge in [0.1, 0.15) is 0 Å². The minimum atomic E-state index is 0.664. The molecule has 2 heterocycles. The number of para-hydroxylation sites is 1. The normalized spacial score (nSPS) is 11.7. The maximum Gasteiger partial charge on any atom is 0.0888 e. The molecule has 0 saturated carbocycles. The summed E-state index contributed by atoms with van der Waals surface area (Å²) in [6.45, 7) is 8.89. The molecule has 0 N–H and O–H groups in total. The molecule has 25 heavy (non-hydrogen) atoms. The van der Waals surface area contributed by atoms with Crippen molar-refractivity contribution in [1.82, 2.24) is 4.98 Å². The number of rotatable bonds is 3. The van der Waals surface area contributed by atoms with E-state index in [1.165, 1.54) is 37.0 Å². The van der Waals surface area contributed by atoms with Gasteiger partial charge in [0.15, 0.2) is 0 Å². The first kappa shape index (κ1) is 16.3. The van der Waals surface area contributed by atoms with Crippen molar-refractivity contribution in [2.45, 2.75) is 34.1 Å². The van der Waals surface area contributed by atoms with Gasteiger partial charge >= 0.3 is 0 Å². The Balaban J connectivity index is 2.05. The highest BCUT2D eigenvalue weighted by Gasteiger charge is 2.15. The molecule has 0 unspecified atom stereocenters. The summed E-state index contributed by atoms with van der Waals surface area (Å²) < 4.78 is 1.32. The summed E-state index contributed by atoms with van der Waals surface area (Å²) in [5.74, 6) is 0.664. The summed E-state index contributed by atoms with van der Waals surface area (Å²) in [6, 6.07) is 17.6. The van der Waals surface area contributed by atoms with Gasteiger partial charge in [-0.2, -0.15) is 0 Å². The Bertz CT molecular complexity index is 1050. The van der Waals surface area contributed by atoms with Crippen LogP contribution in [0.2, 0.25) is 0 Å². The fraction of sp³-hybridized carbons (Fsp3) is 0.261. The minimum Gasteiger partial charge on any atom is -0.246 e. The standard InChI is InChI=1S/C23H23NS/c1-14(2)9-18-13-20-19-7-5-6-8-21(19)24-22(23(20)25-18)17-11-15(3)10-16(4)12-17/h5-8,10-14H,9H2,1-4H3. The second-order valence-electron chi connectivity index (χ2n) is 7.41. The van der Waals surface area contributed by atoms with E-state index in [1.54, 1.807) is 0 Å². The molecule has 4 rings (SSSR count). The molecular formula is C23H23NS. The number of aryl methyl sites for hydroxylation is 2. The van der Waals surface area contributed by atoms with Crippen molar-refractivity contribution in [2.24, 2.45) is 5.92 Å². The topological polar surface area (TPSA) is 12.9 Å². The Hall–Kier alpha value is -2.19. The van der Waals surface area contributed by atoms with Gasteiger partial charge in [0.2, 0.25) is 0 Å². The minimum absolute atomic E-state index is 0.664. The van der Waals surface area contributed by atoms with Crippen molar-refractivity contribution in [2.75, 3.05) is 0 Å². The first-order valence-corrected chi connectivity index (χ1v) is 9.73. The van der Waals surface area contributed by atoms with Crippen LogP contribution in [-0.2, 0) is 6.42 Å². The van der Waals surface area contributed by atoms with E-state index in [9.17, 15) is 0 Å². The quantitative estimate of drug-likeness (QED) is 0.392. The van der Waals surface area contributed by atoms with E-state index in [0.717, 1.165) is 17.6 Å². The third-order valence-electron chi connectivity index (χ3n) is 4.53. The largest absolute Gasteiger partial charge is 0.246 e. The molecule has 0 saturated heterocycles. The molecule has 0 atom stereocenters. The van der Waals surface area contributed by atoms with Gasteiger partial charge in [0, 0.05) is 21.2 Å². The average Bonchev–Trinajstić information content (AvgIpc) is 2.96. The highest BCUT2D eigenvalue weighted by Crippen LogP contribution is 2.39. The number of benzene rings is 2. The Labute approximate surface area is 153 Å². The van der Waals surface area contributed by atoms with Crippen LogP contribution in [0.1, 0.15) is 29.9 Å². The van der Waals surface area contributed by atoms with E-state index >= 15 is 0 Å². The monoisotopic (exact) mass is 345 g/mol. The fourth-order valence-corrected chi connectivity index (χ4v) is 4.99. The Morgan fingerprint density at radius 2 is 1.64 bits per heavy atom. The molecule has 2 aromatic heterocycles. The number of nitrogens with zero attached hydrogens (tertiary/aromatic N) is 1. The highest BCUT2D eigenvalue weighted by atomic mass is 32.1. The number of thiophene rings is 1. The number of aromatic nitrogens is 1. The number of pyridine rings is 1. The van der Waals surface area contributed by atoms with Gasteiger partial charge in [-0.3, -0.25) is 0 Å². The van der Waals surface area contributed by atoms with Crippen LogP contribution >= 0.6 is 11.3 Å². The molecule has 4 aromatic rings. The number of fused-ring (bicyclic) bond motifs is 3. The molecular weight excluding hydrogens is 322 g/mol. The lowest BCUT2D eigenvalue weighted by atomic mass is 10.0. The first-order chi connectivity index (χ1) is 12.0. The van der Waals surface area contributed by atoms with Gasteiger partial charge in [-0.1, -0.05) is 49.2 Å². The smallest absolute Gasteiger partial charge is 0.0888 e. The third kappa shape index (κ3) is 3.07. The molecule has 0 spiro atoms. The molecule has 1 nitrogen and oxygen atoms in total. The van der Waals surface area contributed by atoms with Gasteiger partial charge in [0.05, 0.1) is 15.9 Å². The summed E-state index contributed by atoms with van der Waals surface area (Å²) in [4.78, 5) is 6.51. The fourth-order valence-electron chi connectivity index (χ4n) is 3.60. The maximum absolute atomic E-state index is 5.06. The van der Waals surface area contributed by atoms with Crippen LogP contribution in [0, 0.1) is 19.8 Å². The molecule has 2 heteroatoms. The zero-order valence-electron chi connectivity index (χ0n) is 15.3. The first-order valence-electron chi connectivity index (χ1n) is 8.91. The Morgan fingerprint density at radius 1 is 0.920 bits per heavy atom. The van der Waals surface area contributed by atoms with Gasteiger partial charge in [0.25, 0.3) is 0 Å². The summed E-state index contributed by atoms with van der Waals surface area (Å²) in [5.41, 5.74) is 6.01. The van der Waals surface area contributed by atoms with E-state index in [0.29, 0.717) is 5.92 Å². The molecule has 0 aliphatic carbocycles. The highest BCUT2D eigenvalue weighted by molar-refractivity contribution is 7.19. The van der Waals surface area contributed by atoms with E-state index < -0.39 is 0 Å². The van der Waals surface area contributed by atoms with E-state index in [1.807, 2.05) is 11.3 Å². The second-order valence-corrected chi connectivity index (χ2v) is 8.54. The summed E-state index contributed by atoms with van der Waals surface area (Å²) in [6.07, 6.45) is 1.12. The van der Waals surface area contributed by atoms with Crippen molar-refractivity contribution >= 4 is 32.3 Å². The lowest BCUT2D eigenvalue weighted by Crippen LogP contribution is -1.89. The molecule has 126 valence electrons. The van der Waals surface area contributed by atoms with Crippen molar-refractivity contribution in [3.8, 4) is 11.3 Å². The summed E-state index contributed by atoms with van der Waals surface area (Å²) in [5, 5.41) is 2.61.